The van der Waals surface area contributed by atoms with Crippen LogP contribution in [0.1, 0.15) is 35.7 Å². The number of allylic oxidation sites excluding steroid dienone is 2. The molecule has 132 valence electrons. The highest BCUT2D eigenvalue weighted by atomic mass is 19.1. The first-order valence-corrected chi connectivity index (χ1v) is 8.86. The largest absolute Gasteiger partial charge is 0.489 e. The van der Waals surface area contributed by atoms with Gasteiger partial charge in [0.25, 0.3) is 0 Å². The first kappa shape index (κ1) is 16.6. The third kappa shape index (κ3) is 3.54. The summed E-state index contributed by atoms with van der Waals surface area (Å²) in [5, 5.41) is 0. The second-order valence-electron chi connectivity index (χ2n) is 6.66. The zero-order valence-electron chi connectivity index (χ0n) is 14.7. The van der Waals surface area contributed by atoms with Crippen molar-refractivity contribution >= 4 is 0 Å². The highest BCUT2D eigenvalue weighted by Gasteiger charge is 2.15. The monoisotopic (exact) mass is 348 g/mol. The topological polar surface area (TPSA) is 27.1 Å². The van der Waals surface area contributed by atoms with E-state index in [9.17, 15) is 4.39 Å². The number of benzene rings is 2. The number of halogens is 1. The van der Waals surface area contributed by atoms with Gasteiger partial charge in [-0.2, -0.15) is 0 Å². The molecule has 3 nitrogen and oxygen atoms in total. The molecule has 1 heterocycles. The molecule has 26 heavy (non-hydrogen) atoms. The number of aromatic nitrogens is 2. The molecule has 0 unspecified atom stereocenters. The minimum atomic E-state index is -0.240. The Morgan fingerprint density at radius 1 is 1.12 bits per heavy atom. The van der Waals surface area contributed by atoms with Crippen LogP contribution in [0.2, 0.25) is 0 Å². The number of nitrogens with zero attached hydrogens (tertiary/aromatic N) is 2. The maximum Gasteiger partial charge on any atom is 0.127 e. The van der Waals surface area contributed by atoms with Crippen molar-refractivity contribution < 1.29 is 9.13 Å². The smallest absolute Gasteiger partial charge is 0.127 e. The predicted octanol–water partition coefficient (Wildman–Crippen LogP) is 5.33. The summed E-state index contributed by atoms with van der Waals surface area (Å²) in [6, 6.07) is 13.2. The summed E-state index contributed by atoms with van der Waals surface area (Å²) in [6.07, 6.45) is 9.97. The van der Waals surface area contributed by atoms with Gasteiger partial charge < -0.3 is 9.30 Å². The highest BCUT2D eigenvalue weighted by molar-refractivity contribution is 5.37. The van der Waals surface area contributed by atoms with Gasteiger partial charge in [-0.05, 0) is 61.1 Å². The van der Waals surface area contributed by atoms with E-state index < -0.39 is 0 Å². The Hall–Kier alpha value is -2.88. The minimum absolute atomic E-state index is 0.240. The number of hydrogen-bond acceptors (Lipinski definition) is 2. The van der Waals surface area contributed by atoms with Gasteiger partial charge >= 0.3 is 0 Å². The molecular weight excluding hydrogens is 327 g/mol. The SMILES string of the molecule is Cc1nccn1-c1ccc(COc2cc(F)cc(C3CC=CC3)c2)cc1. The molecular formula is C22H21FN2O. The van der Waals surface area contributed by atoms with E-state index in [1.165, 1.54) is 6.07 Å². The molecule has 0 radical (unpaired) electrons. The molecule has 0 aliphatic heterocycles. The lowest BCUT2D eigenvalue weighted by Gasteiger charge is -2.13. The zero-order chi connectivity index (χ0) is 17.9. The predicted molar refractivity (Wildman–Crippen MR) is 100 cm³/mol. The number of aryl methyl sites for hydroxylation is 1. The lowest BCUT2D eigenvalue weighted by molar-refractivity contribution is 0.304. The maximum absolute atomic E-state index is 13.9. The van der Waals surface area contributed by atoms with Gasteiger partial charge in [-0.3, -0.25) is 0 Å². The maximum atomic E-state index is 13.9. The molecule has 0 amide bonds. The second-order valence-corrected chi connectivity index (χ2v) is 6.66. The Balaban J connectivity index is 1.45. The van der Waals surface area contributed by atoms with Crippen LogP contribution < -0.4 is 4.74 Å². The van der Waals surface area contributed by atoms with E-state index in [-0.39, 0.29) is 5.82 Å². The average molecular weight is 348 g/mol. The van der Waals surface area contributed by atoms with Crippen molar-refractivity contribution in [2.24, 2.45) is 0 Å². The van der Waals surface area contributed by atoms with E-state index in [2.05, 4.69) is 17.1 Å². The van der Waals surface area contributed by atoms with Crippen LogP contribution >= 0.6 is 0 Å². The second kappa shape index (κ2) is 7.16. The Bertz CT molecular complexity index is 920. The average Bonchev–Trinajstić information content (AvgIpc) is 3.32. The fraction of sp³-hybridized carbons (Fsp3) is 0.227. The summed E-state index contributed by atoms with van der Waals surface area (Å²) >= 11 is 0. The molecule has 0 N–H and O–H groups in total. The van der Waals surface area contributed by atoms with E-state index in [1.807, 2.05) is 48.0 Å². The molecule has 1 aliphatic carbocycles. The van der Waals surface area contributed by atoms with Crippen molar-refractivity contribution in [1.29, 1.82) is 0 Å². The molecule has 3 aromatic rings. The van der Waals surface area contributed by atoms with E-state index in [0.717, 1.165) is 35.5 Å². The molecule has 0 saturated carbocycles. The van der Waals surface area contributed by atoms with Gasteiger partial charge in [0.1, 0.15) is 24.0 Å². The van der Waals surface area contributed by atoms with E-state index in [0.29, 0.717) is 18.3 Å². The number of hydrogen-bond donors (Lipinski definition) is 0. The van der Waals surface area contributed by atoms with Gasteiger partial charge in [0, 0.05) is 24.1 Å². The third-order valence-electron chi connectivity index (χ3n) is 4.82. The van der Waals surface area contributed by atoms with E-state index in [4.69, 9.17) is 4.74 Å². The van der Waals surface area contributed by atoms with E-state index in [1.54, 1.807) is 12.3 Å². The van der Waals surface area contributed by atoms with Gasteiger partial charge in [-0.25, -0.2) is 9.37 Å². The summed E-state index contributed by atoms with van der Waals surface area (Å²) < 4.78 is 21.8. The molecule has 2 aromatic carbocycles. The quantitative estimate of drug-likeness (QED) is 0.583. The Morgan fingerprint density at radius 2 is 1.88 bits per heavy atom. The molecule has 0 saturated heterocycles. The highest BCUT2D eigenvalue weighted by Crippen LogP contribution is 2.32. The van der Waals surface area contributed by atoms with E-state index >= 15 is 0 Å². The van der Waals surface area contributed by atoms with Crippen LogP contribution in [0.5, 0.6) is 5.75 Å². The summed E-state index contributed by atoms with van der Waals surface area (Å²) in [5.74, 6) is 1.66. The molecule has 0 spiro atoms. The molecule has 4 rings (SSSR count). The van der Waals surface area contributed by atoms with Gasteiger partial charge in [-0.1, -0.05) is 24.3 Å². The Kier molecular flexibility index (Phi) is 4.57. The van der Waals surface area contributed by atoms with Crippen molar-refractivity contribution in [3.8, 4) is 11.4 Å². The van der Waals surface area contributed by atoms with Crippen molar-refractivity contribution in [1.82, 2.24) is 9.55 Å². The van der Waals surface area contributed by atoms with Crippen LogP contribution in [0.25, 0.3) is 5.69 Å². The van der Waals surface area contributed by atoms with Gasteiger partial charge in [0.2, 0.25) is 0 Å². The zero-order valence-corrected chi connectivity index (χ0v) is 14.7. The molecule has 1 aromatic heterocycles. The van der Waals surface area contributed by atoms with Crippen LogP contribution in [0.15, 0.2) is 67.0 Å². The number of imidazole rings is 1. The summed E-state index contributed by atoms with van der Waals surface area (Å²) in [5.41, 5.74) is 3.11. The lowest BCUT2D eigenvalue weighted by atomic mass is 9.97. The number of rotatable bonds is 5. The fourth-order valence-corrected chi connectivity index (χ4v) is 3.36. The standard InChI is InChI=1S/C22H21FN2O/c1-16-24-10-11-25(16)21-8-6-17(7-9-21)15-26-22-13-19(12-20(23)14-22)18-4-2-3-5-18/h2-3,6-14,18H,4-5,15H2,1H3. The van der Waals surface area contributed by atoms with Crippen LogP contribution in [0.3, 0.4) is 0 Å². The molecule has 4 heteroatoms. The van der Waals surface area contributed by atoms with Crippen molar-refractivity contribution in [3.63, 3.8) is 0 Å². The first-order chi connectivity index (χ1) is 12.7. The van der Waals surface area contributed by atoms with Crippen molar-refractivity contribution in [3.05, 3.63) is 89.8 Å². The van der Waals surface area contributed by atoms with Crippen LogP contribution in [-0.2, 0) is 6.61 Å². The third-order valence-corrected chi connectivity index (χ3v) is 4.82. The lowest BCUT2D eigenvalue weighted by Crippen LogP contribution is -2.00. The molecule has 0 bridgehead atoms. The summed E-state index contributed by atoms with van der Waals surface area (Å²) in [6.45, 7) is 2.38. The summed E-state index contributed by atoms with van der Waals surface area (Å²) in [7, 11) is 0. The van der Waals surface area contributed by atoms with Gasteiger partial charge in [-0.15, -0.1) is 0 Å². The van der Waals surface area contributed by atoms with Crippen LogP contribution in [0.4, 0.5) is 4.39 Å². The van der Waals surface area contributed by atoms with Gasteiger partial charge in [0.15, 0.2) is 0 Å². The summed E-state index contributed by atoms with van der Waals surface area (Å²) in [4.78, 5) is 4.24. The minimum Gasteiger partial charge on any atom is -0.489 e. The van der Waals surface area contributed by atoms with Crippen LogP contribution in [-0.4, -0.2) is 9.55 Å². The van der Waals surface area contributed by atoms with Crippen molar-refractivity contribution in [2.75, 3.05) is 0 Å². The normalized spacial score (nSPS) is 14.1. The Labute approximate surface area is 152 Å². The first-order valence-electron chi connectivity index (χ1n) is 8.86. The van der Waals surface area contributed by atoms with Crippen LogP contribution in [0, 0.1) is 12.7 Å². The molecule has 0 fully saturated rings. The van der Waals surface area contributed by atoms with Crippen molar-refractivity contribution in [2.45, 2.75) is 32.3 Å². The van der Waals surface area contributed by atoms with Gasteiger partial charge in [0.05, 0.1) is 0 Å². The molecule has 1 aliphatic rings. The Morgan fingerprint density at radius 3 is 2.58 bits per heavy atom. The molecule has 0 atom stereocenters. The number of ether oxygens (including phenoxy) is 1. The fourth-order valence-electron chi connectivity index (χ4n) is 3.36.